The van der Waals surface area contributed by atoms with E-state index in [4.69, 9.17) is 0 Å². The van der Waals surface area contributed by atoms with E-state index in [2.05, 4.69) is 36.4 Å². The number of anilines is 4. The number of halogens is 2. The zero-order valence-electron chi connectivity index (χ0n) is 14.6. The summed E-state index contributed by atoms with van der Waals surface area (Å²) in [6.45, 7) is 0.603. The molecule has 0 aliphatic heterocycles. The molecule has 8 nitrogen and oxygen atoms in total. The maximum absolute atomic E-state index is 13.5. The first kappa shape index (κ1) is 19.0. The van der Waals surface area contributed by atoms with Crippen molar-refractivity contribution in [3.05, 3.63) is 66.5 Å². The van der Waals surface area contributed by atoms with Gasteiger partial charge >= 0.3 is 6.03 Å². The van der Waals surface area contributed by atoms with Crippen LogP contribution in [0.3, 0.4) is 0 Å². The third kappa shape index (κ3) is 5.59. The van der Waals surface area contributed by atoms with Crippen LogP contribution in [0.4, 0.5) is 36.6 Å². The topological polar surface area (TPSA) is 104 Å². The molecule has 0 aliphatic carbocycles. The first-order chi connectivity index (χ1) is 13.6. The lowest BCUT2D eigenvalue weighted by atomic mass is 10.3. The normalized spacial score (nSPS) is 10.2. The third-order valence-corrected chi connectivity index (χ3v) is 3.51. The molecule has 4 N–H and O–H groups in total. The highest BCUT2D eigenvalue weighted by Crippen LogP contribution is 2.15. The van der Waals surface area contributed by atoms with Crippen LogP contribution in [0.2, 0.25) is 0 Å². The van der Waals surface area contributed by atoms with Gasteiger partial charge in [-0.05, 0) is 36.4 Å². The number of hydrogen-bond donors (Lipinski definition) is 4. The van der Waals surface area contributed by atoms with Gasteiger partial charge in [-0.2, -0.15) is 0 Å². The highest BCUT2D eigenvalue weighted by atomic mass is 19.1. The number of hydrogen-bond acceptors (Lipinski definition) is 6. The summed E-state index contributed by atoms with van der Waals surface area (Å²) in [5.41, 5.74) is 0.614. The molecule has 0 saturated heterocycles. The highest BCUT2D eigenvalue weighted by molar-refractivity contribution is 5.89. The second-order valence-corrected chi connectivity index (χ2v) is 5.60. The van der Waals surface area contributed by atoms with E-state index < -0.39 is 17.7 Å². The molecular formula is C18H17F2N7O. The van der Waals surface area contributed by atoms with Crippen LogP contribution < -0.4 is 21.3 Å². The molecule has 0 radical (unpaired) electrons. The Balaban J connectivity index is 1.40. The van der Waals surface area contributed by atoms with Gasteiger partial charge in [-0.3, -0.25) is 4.98 Å². The lowest BCUT2D eigenvalue weighted by molar-refractivity contribution is 0.252. The van der Waals surface area contributed by atoms with Crippen molar-refractivity contribution in [1.82, 2.24) is 20.5 Å². The summed E-state index contributed by atoms with van der Waals surface area (Å²) in [6, 6.07) is 9.28. The average molecular weight is 385 g/mol. The van der Waals surface area contributed by atoms with Crippen molar-refractivity contribution in [2.45, 2.75) is 0 Å². The predicted molar refractivity (Wildman–Crippen MR) is 101 cm³/mol. The van der Waals surface area contributed by atoms with Gasteiger partial charge in [0.15, 0.2) is 5.82 Å². The Morgan fingerprint density at radius 1 is 0.929 bits per heavy atom. The number of amides is 2. The van der Waals surface area contributed by atoms with E-state index >= 15 is 0 Å². The van der Waals surface area contributed by atoms with Crippen LogP contribution in [-0.4, -0.2) is 34.3 Å². The minimum absolute atomic E-state index is 0.228. The Morgan fingerprint density at radius 2 is 1.68 bits per heavy atom. The molecule has 10 heteroatoms. The van der Waals surface area contributed by atoms with Crippen molar-refractivity contribution in [1.29, 1.82) is 0 Å². The van der Waals surface area contributed by atoms with Crippen LogP contribution in [0.15, 0.2) is 54.9 Å². The van der Waals surface area contributed by atoms with Gasteiger partial charge < -0.3 is 21.3 Å². The molecule has 144 valence electrons. The lowest BCUT2D eigenvalue weighted by Gasteiger charge is -2.10. The quantitative estimate of drug-likeness (QED) is 0.466. The molecule has 2 aromatic heterocycles. The zero-order chi connectivity index (χ0) is 19.8. The van der Waals surface area contributed by atoms with E-state index in [1.54, 1.807) is 36.7 Å². The number of urea groups is 1. The molecule has 28 heavy (non-hydrogen) atoms. The van der Waals surface area contributed by atoms with Crippen molar-refractivity contribution in [2.75, 3.05) is 29.0 Å². The van der Waals surface area contributed by atoms with E-state index in [-0.39, 0.29) is 12.2 Å². The van der Waals surface area contributed by atoms with Crippen LogP contribution >= 0.6 is 0 Å². The van der Waals surface area contributed by atoms with Crippen LogP contribution in [0, 0.1) is 11.6 Å². The summed E-state index contributed by atoms with van der Waals surface area (Å²) in [5.74, 6) is -0.255. The van der Waals surface area contributed by atoms with Gasteiger partial charge in [0, 0.05) is 37.2 Å². The van der Waals surface area contributed by atoms with Gasteiger partial charge in [0.1, 0.15) is 17.5 Å². The molecular weight excluding hydrogens is 368 g/mol. The molecule has 0 fully saturated rings. The predicted octanol–water partition coefficient (Wildman–Crippen LogP) is 3.13. The average Bonchev–Trinajstić information content (AvgIpc) is 2.70. The number of nitrogens with one attached hydrogen (secondary N) is 4. The first-order valence-electron chi connectivity index (χ1n) is 8.35. The van der Waals surface area contributed by atoms with E-state index in [0.29, 0.717) is 18.2 Å². The zero-order valence-corrected chi connectivity index (χ0v) is 14.6. The van der Waals surface area contributed by atoms with Gasteiger partial charge in [-0.1, -0.05) is 0 Å². The van der Waals surface area contributed by atoms with Crippen molar-refractivity contribution in [2.24, 2.45) is 0 Å². The fourth-order valence-corrected chi connectivity index (χ4v) is 2.20. The van der Waals surface area contributed by atoms with E-state index in [0.717, 1.165) is 23.9 Å². The number of carbonyl (C=O) groups is 1. The molecule has 0 aliphatic rings. The number of aromatic nitrogens is 3. The number of carbonyl (C=O) groups excluding carboxylic acids is 1. The van der Waals surface area contributed by atoms with Crippen LogP contribution in [0.25, 0.3) is 0 Å². The van der Waals surface area contributed by atoms with Crippen LogP contribution in [0.5, 0.6) is 0 Å². The molecule has 2 heterocycles. The van der Waals surface area contributed by atoms with E-state index in [1.807, 2.05) is 0 Å². The summed E-state index contributed by atoms with van der Waals surface area (Å²) < 4.78 is 26.5. The van der Waals surface area contributed by atoms with Gasteiger partial charge in [0.2, 0.25) is 0 Å². The Bertz CT molecular complexity index is 923. The second-order valence-electron chi connectivity index (χ2n) is 5.60. The molecule has 0 unspecified atom stereocenters. The molecule has 0 atom stereocenters. The lowest BCUT2D eigenvalue weighted by Crippen LogP contribution is -2.33. The minimum Gasteiger partial charge on any atom is -0.367 e. The summed E-state index contributed by atoms with van der Waals surface area (Å²) in [4.78, 5) is 15.7. The van der Waals surface area contributed by atoms with Crippen molar-refractivity contribution in [3.8, 4) is 0 Å². The molecule has 0 bridgehead atoms. The number of benzene rings is 1. The van der Waals surface area contributed by atoms with E-state index in [1.165, 1.54) is 0 Å². The standard InChI is InChI=1S/C18H17F2N7O/c19-12-1-2-14(20)15(11-12)25-18(28)23-10-9-22-16-3-4-17(27-26-16)24-13-5-7-21-8-6-13/h1-8,11H,9-10H2,(H,22,26)(H,21,24,27)(H2,23,25,28). The Labute approximate surface area is 159 Å². The summed E-state index contributed by atoms with van der Waals surface area (Å²) in [5, 5.41) is 18.9. The van der Waals surface area contributed by atoms with Gasteiger partial charge in [-0.25, -0.2) is 13.6 Å². The maximum Gasteiger partial charge on any atom is 0.319 e. The highest BCUT2D eigenvalue weighted by Gasteiger charge is 2.07. The van der Waals surface area contributed by atoms with Crippen LogP contribution in [-0.2, 0) is 0 Å². The second kappa shape index (κ2) is 9.21. The van der Waals surface area contributed by atoms with E-state index in [9.17, 15) is 13.6 Å². The number of nitrogens with zero attached hydrogens (tertiary/aromatic N) is 3. The fraction of sp³-hybridized carbons (Fsp3) is 0.111. The Kier molecular flexibility index (Phi) is 6.24. The number of rotatable bonds is 7. The largest absolute Gasteiger partial charge is 0.367 e. The third-order valence-electron chi connectivity index (χ3n) is 3.51. The number of pyridine rings is 1. The summed E-state index contributed by atoms with van der Waals surface area (Å²) in [6.07, 6.45) is 3.33. The molecule has 3 aromatic rings. The summed E-state index contributed by atoms with van der Waals surface area (Å²) >= 11 is 0. The van der Waals surface area contributed by atoms with Gasteiger partial charge in [0.25, 0.3) is 0 Å². The molecule has 3 rings (SSSR count). The van der Waals surface area contributed by atoms with Crippen LogP contribution in [0.1, 0.15) is 0 Å². The van der Waals surface area contributed by atoms with Crippen molar-refractivity contribution < 1.29 is 13.6 Å². The van der Waals surface area contributed by atoms with Gasteiger partial charge in [0.05, 0.1) is 5.69 Å². The minimum atomic E-state index is -0.717. The smallest absolute Gasteiger partial charge is 0.319 e. The fourth-order valence-electron chi connectivity index (χ4n) is 2.20. The monoisotopic (exact) mass is 385 g/mol. The first-order valence-corrected chi connectivity index (χ1v) is 8.35. The molecule has 0 saturated carbocycles. The Morgan fingerprint density at radius 3 is 2.43 bits per heavy atom. The molecule has 0 spiro atoms. The Hall–Kier alpha value is -3.82. The molecule has 2 amide bonds. The SMILES string of the molecule is O=C(NCCNc1ccc(Nc2ccncc2)nn1)Nc1cc(F)ccc1F. The maximum atomic E-state index is 13.5. The summed E-state index contributed by atoms with van der Waals surface area (Å²) in [7, 11) is 0. The molecule has 1 aromatic carbocycles. The van der Waals surface area contributed by atoms with Crippen molar-refractivity contribution in [3.63, 3.8) is 0 Å². The van der Waals surface area contributed by atoms with Crippen molar-refractivity contribution >= 4 is 29.0 Å². The van der Waals surface area contributed by atoms with Gasteiger partial charge in [-0.15, -0.1) is 10.2 Å².